The minimum atomic E-state index is -0.878. The number of carbonyl (C=O) groups is 2. The fourth-order valence-corrected chi connectivity index (χ4v) is 1.39. The zero-order chi connectivity index (χ0) is 13.6. The molecule has 4 N–H and O–H groups in total. The second-order valence-electron chi connectivity index (χ2n) is 5.41. The summed E-state index contributed by atoms with van der Waals surface area (Å²) < 4.78 is 0. The van der Waals surface area contributed by atoms with Gasteiger partial charge in [-0.1, -0.05) is 34.1 Å². The Kier molecular flexibility index (Phi) is 6.16. The van der Waals surface area contributed by atoms with Crippen LogP contribution in [-0.2, 0) is 9.59 Å². The van der Waals surface area contributed by atoms with E-state index < -0.39 is 17.9 Å². The number of carboxylic acid groups (broad SMARTS) is 1. The molecule has 17 heavy (non-hydrogen) atoms. The number of amides is 1. The van der Waals surface area contributed by atoms with Crippen molar-refractivity contribution in [3.8, 4) is 0 Å². The van der Waals surface area contributed by atoms with Crippen molar-refractivity contribution < 1.29 is 14.7 Å². The molecule has 0 bridgehead atoms. The van der Waals surface area contributed by atoms with Crippen molar-refractivity contribution in [3.05, 3.63) is 0 Å². The maximum absolute atomic E-state index is 11.7. The number of aliphatic carboxylic acids is 1. The lowest BCUT2D eigenvalue weighted by atomic mass is 9.87. The number of rotatable bonds is 6. The largest absolute Gasteiger partial charge is 0.481 e. The minimum Gasteiger partial charge on any atom is -0.481 e. The summed E-state index contributed by atoms with van der Waals surface area (Å²) in [6, 6.07) is -0.626. The molecule has 0 heterocycles. The molecule has 100 valence electrons. The highest BCUT2D eigenvalue weighted by Gasteiger charge is 2.28. The van der Waals surface area contributed by atoms with Gasteiger partial charge >= 0.3 is 5.97 Å². The van der Waals surface area contributed by atoms with Gasteiger partial charge in [0.15, 0.2) is 0 Å². The smallest absolute Gasteiger partial charge is 0.308 e. The van der Waals surface area contributed by atoms with Crippen molar-refractivity contribution in [3.63, 3.8) is 0 Å². The van der Waals surface area contributed by atoms with Crippen LogP contribution in [0.5, 0.6) is 0 Å². The first-order valence-corrected chi connectivity index (χ1v) is 5.96. The van der Waals surface area contributed by atoms with E-state index in [0.717, 1.165) is 6.42 Å². The SMILES string of the molecule is CCCC(CNC(=O)[C@H](N)C(C)(C)C)C(=O)O. The number of hydrogen-bond acceptors (Lipinski definition) is 3. The maximum Gasteiger partial charge on any atom is 0.308 e. The van der Waals surface area contributed by atoms with Crippen LogP contribution in [0.4, 0.5) is 0 Å². The molecule has 0 fully saturated rings. The molecule has 5 nitrogen and oxygen atoms in total. The van der Waals surface area contributed by atoms with Crippen LogP contribution in [0.3, 0.4) is 0 Å². The van der Waals surface area contributed by atoms with Gasteiger partial charge in [0, 0.05) is 6.54 Å². The average Bonchev–Trinajstić information content (AvgIpc) is 2.20. The Balaban J connectivity index is 4.26. The zero-order valence-corrected chi connectivity index (χ0v) is 11.1. The summed E-state index contributed by atoms with van der Waals surface area (Å²) in [6.45, 7) is 7.68. The summed E-state index contributed by atoms with van der Waals surface area (Å²) in [7, 11) is 0. The number of nitrogens with one attached hydrogen (secondary N) is 1. The molecule has 0 saturated heterocycles. The lowest BCUT2D eigenvalue weighted by molar-refractivity contribution is -0.142. The van der Waals surface area contributed by atoms with Crippen LogP contribution in [0, 0.1) is 11.3 Å². The minimum absolute atomic E-state index is 0.145. The number of hydrogen-bond donors (Lipinski definition) is 3. The molecule has 0 aliphatic carbocycles. The summed E-state index contributed by atoms with van der Waals surface area (Å²) in [5, 5.41) is 11.5. The van der Waals surface area contributed by atoms with Crippen LogP contribution >= 0.6 is 0 Å². The van der Waals surface area contributed by atoms with E-state index in [9.17, 15) is 9.59 Å². The molecule has 5 heteroatoms. The van der Waals surface area contributed by atoms with Crippen molar-refractivity contribution in [2.45, 2.75) is 46.6 Å². The summed E-state index contributed by atoms with van der Waals surface area (Å²) in [4.78, 5) is 22.6. The van der Waals surface area contributed by atoms with E-state index in [1.807, 2.05) is 27.7 Å². The topological polar surface area (TPSA) is 92.4 Å². The molecule has 0 aromatic carbocycles. The monoisotopic (exact) mass is 244 g/mol. The lowest BCUT2D eigenvalue weighted by Gasteiger charge is -2.26. The first kappa shape index (κ1) is 15.9. The number of nitrogens with two attached hydrogens (primary N) is 1. The van der Waals surface area contributed by atoms with E-state index in [0.29, 0.717) is 6.42 Å². The van der Waals surface area contributed by atoms with E-state index in [-0.39, 0.29) is 17.9 Å². The molecule has 0 aromatic rings. The maximum atomic E-state index is 11.7. The Morgan fingerprint density at radius 3 is 2.24 bits per heavy atom. The quantitative estimate of drug-likeness (QED) is 0.649. The van der Waals surface area contributed by atoms with Crippen LogP contribution in [-0.4, -0.2) is 29.6 Å². The molecular formula is C12H24N2O3. The third kappa shape index (κ3) is 5.68. The predicted molar refractivity (Wildman–Crippen MR) is 66.5 cm³/mol. The van der Waals surface area contributed by atoms with Crippen molar-refractivity contribution in [1.82, 2.24) is 5.32 Å². The van der Waals surface area contributed by atoms with E-state index >= 15 is 0 Å². The van der Waals surface area contributed by atoms with E-state index in [2.05, 4.69) is 5.32 Å². The Labute approximate surface area is 103 Å². The fraction of sp³-hybridized carbons (Fsp3) is 0.833. The Hall–Kier alpha value is -1.10. The second-order valence-corrected chi connectivity index (χ2v) is 5.41. The second kappa shape index (κ2) is 6.59. The Morgan fingerprint density at radius 2 is 1.88 bits per heavy atom. The van der Waals surface area contributed by atoms with Gasteiger partial charge in [0.1, 0.15) is 0 Å². The van der Waals surface area contributed by atoms with Gasteiger partial charge in [-0.2, -0.15) is 0 Å². The highest BCUT2D eigenvalue weighted by molar-refractivity contribution is 5.82. The first-order chi connectivity index (χ1) is 7.70. The number of carboxylic acids is 1. The van der Waals surface area contributed by atoms with Crippen LogP contribution < -0.4 is 11.1 Å². The predicted octanol–water partition coefficient (Wildman–Crippen LogP) is 0.977. The highest BCUT2D eigenvalue weighted by Crippen LogP contribution is 2.17. The van der Waals surface area contributed by atoms with E-state index in [4.69, 9.17) is 10.8 Å². The van der Waals surface area contributed by atoms with Gasteiger partial charge in [-0.05, 0) is 11.8 Å². The van der Waals surface area contributed by atoms with Crippen LogP contribution in [0.1, 0.15) is 40.5 Å². The molecule has 0 aliphatic rings. The van der Waals surface area contributed by atoms with Gasteiger partial charge < -0.3 is 16.2 Å². The van der Waals surface area contributed by atoms with Gasteiger partial charge in [-0.15, -0.1) is 0 Å². The van der Waals surface area contributed by atoms with Crippen LogP contribution in [0.15, 0.2) is 0 Å². The van der Waals surface area contributed by atoms with Crippen molar-refractivity contribution in [2.75, 3.05) is 6.54 Å². The van der Waals surface area contributed by atoms with Gasteiger partial charge in [0.25, 0.3) is 0 Å². The molecule has 1 unspecified atom stereocenters. The van der Waals surface area contributed by atoms with Crippen molar-refractivity contribution in [1.29, 1.82) is 0 Å². The number of carbonyl (C=O) groups excluding carboxylic acids is 1. The van der Waals surface area contributed by atoms with Gasteiger partial charge in [-0.3, -0.25) is 9.59 Å². The Morgan fingerprint density at radius 1 is 1.35 bits per heavy atom. The molecule has 0 aliphatic heterocycles. The third-order valence-electron chi connectivity index (χ3n) is 2.72. The normalized spacial score (nSPS) is 15.1. The highest BCUT2D eigenvalue weighted by atomic mass is 16.4. The fourth-order valence-electron chi connectivity index (χ4n) is 1.39. The van der Waals surface area contributed by atoms with Gasteiger partial charge in [0.2, 0.25) is 5.91 Å². The lowest BCUT2D eigenvalue weighted by Crippen LogP contribution is -2.50. The summed E-state index contributed by atoms with van der Waals surface area (Å²) >= 11 is 0. The third-order valence-corrected chi connectivity index (χ3v) is 2.72. The molecule has 0 saturated carbocycles. The molecule has 0 radical (unpaired) electrons. The average molecular weight is 244 g/mol. The van der Waals surface area contributed by atoms with E-state index in [1.165, 1.54) is 0 Å². The zero-order valence-electron chi connectivity index (χ0n) is 11.1. The standard InChI is InChI=1S/C12H24N2O3/c1-5-6-8(11(16)17)7-14-10(15)9(13)12(2,3)4/h8-9H,5-7,13H2,1-4H3,(H,14,15)(H,16,17)/t8?,9-/m0/s1. The van der Waals surface area contributed by atoms with Crippen LogP contribution in [0.2, 0.25) is 0 Å². The van der Waals surface area contributed by atoms with Crippen LogP contribution in [0.25, 0.3) is 0 Å². The van der Waals surface area contributed by atoms with Crippen molar-refractivity contribution >= 4 is 11.9 Å². The molecule has 1 amide bonds. The van der Waals surface area contributed by atoms with E-state index in [1.54, 1.807) is 0 Å². The van der Waals surface area contributed by atoms with Gasteiger partial charge in [0.05, 0.1) is 12.0 Å². The first-order valence-electron chi connectivity index (χ1n) is 5.96. The molecule has 0 rings (SSSR count). The summed E-state index contributed by atoms with van der Waals surface area (Å²) in [5.41, 5.74) is 5.45. The molecule has 0 spiro atoms. The molecular weight excluding hydrogens is 220 g/mol. The van der Waals surface area contributed by atoms with Gasteiger partial charge in [-0.25, -0.2) is 0 Å². The molecule has 0 aromatic heterocycles. The summed E-state index contributed by atoms with van der Waals surface area (Å²) in [6.07, 6.45) is 1.33. The summed E-state index contributed by atoms with van der Waals surface area (Å²) in [5.74, 6) is -1.70. The molecule has 2 atom stereocenters. The van der Waals surface area contributed by atoms with Crippen molar-refractivity contribution in [2.24, 2.45) is 17.1 Å². The Bertz CT molecular complexity index is 271.